The minimum Gasteiger partial charge on any atom is -0.409 e. The van der Waals surface area contributed by atoms with Crippen molar-refractivity contribution in [3.05, 3.63) is 47.8 Å². The highest BCUT2D eigenvalue weighted by Gasteiger charge is 2.06. The average Bonchev–Trinajstić information content (AvgIpc) is 2.95. The van der Waals surface area contributed by atoms with Gasteiger partial charge in [-0.05, 0) is 23.8 Å². The summed E-state index contributed by atoms with van der Waals surface area (Å²) in [5.74, 6) is -0.129. The molecule has 2 aromatic rings. The molecule has 5 N–H and O–H groups in total. The second-order valence-corrected chi connectivity index (χ2v) is 3.89. The number of carbonyl (C=O) groups is 1. The number of rotatable bonds is 4. The van der Waals surface area contributed by atoms with Crippen molar-refractivity contribution >= 4 is 17.4 Å². The summed E-state index contributed by atoms with van der Waals surface area (Å²) in [5, 5.41) is 20.4. The first-order chi connectivity index (χ1) is 9.19. The van der Waals surface area contributed by atoms with Crippen molar-refractivity contribution < 1.29 is 10.0 Å². The Labute approximate surface area is 109 Å². The van der Waals surface area contributed by atoms with Gasteiger partial charge in [0.05, 0.1) is 0 Å². The molecule has 0 bridgehead atoms. The molecule has 0 fully saturated rings. The number of nitrogens with two attached hydrogens (primary N) is 1. The Morgan fingerprint density at radius 2 is 2.11 bits per heavy atom. The van der Waals surface area contributed by atoms with E-state index in [4.69, 9.17) is 10.9 Å². The van der Waals surface area contributed by atoms with Crippen molar-refractivity contribution in [3.63, 3.8) is 0 Å². The lowest BCUT2D eigenvalue weighted by Crippen LogP contribution is -2.15. The SMILES string of the molecule is NC(Cc1ccc(NC(=O)c2ccn[nH]2)cc1)=NO. The largest absolute Gasteiger partial charge is 0.409 e. The van der Waals surface area contributed by atoms with Gasteiger partial charge in [0.2, 0.25) is 0 Å². The smallest absolute Gasteiger partial charge is 0.273 e. The van der Waals surface area contributed by atoms with Crippen molar-refractivity contribution in [2.24, 2.45) is 10.9 Å². The van der Waals surface area contributed by atoms with Gasteiger partial charge < -0.3 is 16.3 Å². The Morgan fingerprint density at radius 3 is 2.68 bits per heavy atom. The van der Waals surface area contributed by atoms with Crippen molar-refractivity contribution in [2.75, 3.05) is 5.32 Å². The normalized spacial score (nSPS) is 11.3. The van der Waals surface area contributed by atoms with Gasteiger partial charge in [-0.2, -0.15) is 5.10 Å². The van der Waals surface area contributed by atoms with E-state index in [2.05, 4.69) is 20.7 Å². The fraction of sp³-hybridized carbons (Fsp3) is 0.0833. The Balaban J connectivity index is 2.01. The molecule has 1 amide bonds. The van der Waals surface area contributed by atoms with E-state index >= 15 is 0 Å². The van der Waals surface area contributed by atoms with Crippen LogP contribution in [0, 0.1) is 0 Å². The highest BCUT2D eigenvalue weighted by molar-refractivity contribution is 6.02. The van der Waals surface area contributed by atoms with Crippen LogP contribution in [0.4, 0.5) is 5.69 Å². The van der Waals surface area contributed by atoms with E-state index in [9.17, 15) is 4.79 Å². The first kappa shape index (κ1) is 12.6. The van der Waals surface area contributed by atoms with Gasteiger partial charge in [0, 0.05) is 18.3 Å². The van der Waals surface area contributed by atoms with E-state index < -0.39 is 0 Å². The summed E-state index contributed by atoms with van der Waals surface area (Å²) in [6, 6.07) is 8.66. The number of aromatic nitrogens is 2. The number of oxime groups is 1. The van der Waals surface area contributed by atoms with E-state index in [1.165, 1.54) is 6.20 Å². The standard InChI is InChI=1S/C12H13N5O2/c13-11(17-19)7-8-1-3-9(4-2-8)15-12(18)10-5-6-14-16-10/h1-6,19H,7H2,(H2,13,17)(H,14,16)(H,15,18). The maximum absolute atomic E-state index is 11.7. The lowest BCUT2D eigenvalue weighted by Gasteiger charge is -2.05. The number of amides is 1. The van der Waals surface area contributed by atoms with E-state index in [1.54, 1.807) is 30.3 Å². The Kier molecular flexibility index (Phi) is 3.77. The number of aromatic amines is 1. The number of nitrogens with zero attached hydrogens (tertiary/aromatic N) is 2. The van der Waals surface area contributed by atoms with Crippen LogP contribution in [0.1, 0.15) is 16.1 Å². The number of carbonyl (C=O) groups excluding carboxylic acids is 1. The second kappa shape index (κ2) is 5.67. The van der Waals surface area contributed by atoms with Gasteiger partial charge in [-0.15, -0.1) is 0 Å². The minimum atomic E-state index is -0.262. The van der Waals surface area contributed by atoms with E-state index in [1.807, 2.05) is 0 Å². The zero-order valence-corrected chi connectivity index (χ0v) is 10.00. The molecule has 0 saturated heterocycles. The van der Waals surface area contributed by atoms with Gasteiger partial charge in [-0.25, -0.2) is 0 Å². The highest BCUT2D eigenvalue weighted by Crippen LogP contribution is 2.11. The summed E-state index contributed by atoms with van der Waals surface area (Å²) in [6.07, 6.45) is 1.86. The first-order valence-corrected chi connectivity index (χ1v) is 5.55. The third-order valence-corrected chi connectivity index (χ3v) is 2.47. The maximum Gasteiger partial charge on any atom is 0.273 e. The predicted octanol–water partition coefficient (Wildman–Crippen LogP) is 0.951. The lowest BCUT2D eigenvalue weighted by molar-refractivity contribution is 0.102. The van der Waals surface area contributed by atoms with Gasteiger partial charge in [-0.3, -0.25) is 9.89 Å². The fourth-order valence-electron chi connectivity index (χ4n) is 1.53. The summed E-state index contributed by atoms with van der Waals surface area (Å²) in [6.45, 7) is 0. The molecule has 0 saturated carbocycles. The Hall–Kier alpha value is -2.83. The van der Waals surface area contributed by atoms with Crippen LogP contribution in [0.25, 0.3) is 0 Å². The molecule has 1 aromatic heterocycles. The van der Waals surface area contributed by atoms with Crippen LogP contribution in [0.5, 0.6) is 0 Å². The molecule has 0 aliphatic rings. The Morgan fingerprint density at radius 1 is 1.37 bits per heavy atom. The zero-order valence-electron chi connectivity index (χ0n) is 10.00. The maximum atomic E-state index is 11.7. The molecule has 0 unspecified atom stereocenters. The van der Waals surface area contributed by atoms with E-state index in [-0.39, 0.29) is 11.7 Å². The molecule has 0 aliphatic carbocycles. The highest BCUT2D eigenvalue weighted by atomic mass is 16.4. The molecule has 0 spiro atoms. The molecule has 0 aliphatic heterocycles. The van der Waals surface area contributed by atoms with Crippen LogP contribution in [-0.4, -0.2) is 27.1 Å². The van der Waals surface area contributed by atoms with Gasteiger partial charge in [0.25, 0.3) is 5.91 Å². The summed E-state index contributed by atoms with van der Waals surface area (Å²) >= 11 is 0. The molecular weight excluding hydrogens is 246 g/mol. The molecule has 0 radical (unpaired) electrons. The zero-order chi connectivity index (χ0) is 13.7. The molecule has 1 aromatic carbocycles. The Bertz CT molecular complexity index is 575. The topological polar surface area (TPSA) is 116 Å². The minimum absolute atomic E-state index is 0.134. The number of benzene rings is 1. The third kappa shape index (κ3) is 3.32. The van der Waals surface area contributed by atoms with Gasteiger partial charge >= 0.3 is 0 Å². The van der Waals surface area contributed by atoms with Crippen molar-refractivity contribution in [3.8, 4) is 0 Å². The number of nitrogens with one attached hydrogen (secondary N) is 2. The molecule has 19 heavy (non-hydrogen) atoms. The van der Waals surface area contributed by atoms with Crippen LogP contribution < -0.4 is 11.1 Å². The molecule has 1 heterocycles. The van der Waals surface area contributed by atoms with Gasteiger partial charge in [-0.1, -0.05) is 17.3 Å². The average molecular weight is 259 g/mol. The van der Waals surface area contributed by atoms with Crippen molar-refractivity contribution in [1.29, 1.82) is 0 Å². The number of amidine groups is 1. The number of hydrogen-bond donors (Lipinski definition) is 4. The summed E-state index contributed by atoms with van der Waals surface area (Å²) < 4.78 is 0. The number of anilines is 1. The molecule has 2 rings (SSSR count). The first-order valence-electron chi connectivity index (χ1n) is 5.55. The van der Waals surface area contributed by atoms with Crippen molar-refractivity contribution in [2.45, 2.75) is 6.42 Å². The molecule has 0 atom stereocenters. The molecular formula is C12H13N5O2. The van der Waals surface area contributed by atoms with E-state index in [0.717, 1.165) is 5.56 Å². The molecule has 7 nitrogen and oxygen atoms in total. The fourth-order valence-corrected chi connectivity index (χ4v) is 1.53. The predicted molar refractivity (Wildman–Crippen MR) is 70.1 cm³/mol. The monoisotopic (exact) mass is 259 g/mol. The van der Waals surface area contributed by atoms with Crippen LogP contribution in [-0.2, 0) is 6.42 Å². The third-order valence-electron chi connectivity index (χ3n) is 2.47. The van der Waals surface area contributed by atoms with Crippen molar-refractivity contribution in [1.82, 2.24) is 10.2 Å². The quantitative estimate of drug-likeness (QED) is 0.283. The summed E-state index contributed by atoms with van der Waals surface area (Å²) in [5.41, 5.74) is 7.34. The summed E-state index contributed by atoms with van der Waals surface area (Å²) in [4.78, 5) is 11.7. The van der Waals surface area contributed by atoms with Gasteiger partial charge in [0.15, 0.2) is 0 Å². The van der Waals surface area contributed by atoms with Crippen LogP contribution in [0.2, 0.25) is 0 Å². The summed E-state index contributed by atoms with van der Waals surface area (Å²) in [7, 11) is 0. The van der Waals surface area contributed by atoms with E-state index in [0.29, 0.717) is 17.8 Å². The van der Waals surface area contributed by atoms with Gasteiger partial charge in [0.1, 0.15) is 11.5 Å². The van der Waals surface area contributed by atoms with Crippen LogP contribution >= 0.6 is 0 Å². The molecule has 7 heteroatoms. The lowest BCUT2D eigenvalue weighted by atomic mass is 10.1. The van der Waals surface area contributed by atoms with Crippen LogP contribution in [0.15, 0.2) is 41.7 Å². The number of hydrogen-bond acceptors (Lipinski definition) is 4. The second-order valence-electron chi connectivity index (χ2n) is 3.89. The van der Waals surface area contributed by atoms with Crippen LogP contribution in [0.3, 0.4) is 0 Å². The number of H-pyrrole nitrogens is 1. The molecule has 98 valence electrons.